The smallest absolute Gasteiger partial charge is 0.294 e. The van der Waals surface area contributed by atoms with Crippen LogP contribution in [0.1, 0.15) is 20.3 Å². The van der Waals surface area contributed by atoms with Gasteiger partial charge in [-0.2, -0.15) is 0 Å². The molecule has 0 spiro atoms. The van der Waals surface area contributed by atoms with Gasteiger partial charge in [0.2, 0.25) is 0 Å². The van der Waals surface area contributed by atoms with Gasteiger partial charge in [-0.05, 0) is 44.3 Å². The predicted molar refractivity (Wildman–Crippen MR) is 111 cm³/mol. The summed E-state index contributed by atoms with van der Waals surface area (Å²) in [6.07, 6.45) is 2.60. The third kappa shape index (κ3) is 4.58. The summed E-state index contributed by atoms with van der Waals surface area (Å²) >= 11 is 1.46. The second-order valence-corrected chi connectivity index (χ2v) is 7.11. The van der Waals surface area contributed by atoms with Gasteiger partial charge in [-0.25, -0.2) is 4.99 Å². The van der Waals surface area contributed by atoms with Crippen molar-refractivity contribution < 1.29 is 9.34 Å². The van der Waals surface area contributed by atoms with Crippen LogP contribution in [-0.4, -0.2) is 34.0 Å². The normalized spacial score (nSPS) is 12.0. The van der Waals surface area contributed by atoms with Gasteiger partial charge in [-0.15, -0.1) is 11.3 Å². The highest BCUT2D eigenvalue weighted by molar-refractivity contribution is 7.07. The van der Waals surface area contributed by atoms with E-state index in [2.05, 4.69) is 28.3 Å². The number of nitro groups is 1. The largest absolute Gasteiger partial charge is 0.463 e. The van der Waals surface area contributed by atoms with E-state index >= 15 is 0 Å². The second kappa shape index (κ2) is 9.48. The zero-order valence-corrected chi connectivity index (χ0v) is 16.9. The van der Waals surface area contributed by atoms with Crippen LogP contribution >= 0.6 is 11.3 Å². The van der Waals surface area contributed by atoms with Crippen molar-refractivity contribution >= 4 is 22.7 Å². The summed E-state index contributed by atoms with van der Waals surface area (Å²) in [5.74, 6) is 0.767. The van der Waals surface area contributed by atoms with E-state index in [9.17, 15) is 10.1 Å². The number of nitro benzene ring substituents is 1. The first-order chi connectivity index (χ1) is 13.6. The quantitative estimate of drug-likeness (QED) is 0.386. The van der Waals surface area contributed by atoms with Crippen molar-refractivity contribution in [2.24, 2.45) is 4.99 Å². The molecule has 0 aliphatic rings. The van der Waals surface area contributed by atoms with E-state index in [1.807, 2.05) is 17.5 Å². The molecule has 0 atom stereocenters. The highest BCUT2D eigenvalue weighted by atomic mass is 32.1. The molecule has 0 saturated carbocycles. The Morgan fingerprint density at radius 2 is 2.00 bits per heavy atom. The van der Waals surface area contributed by atoms with Crippen molar-refractivity contribution in [3.63, 3.8) is 0 Å². The van der Waals surface area contributed by atoms with Gasteiger partial charge in [0.25, 0.3) is 5.69 Å². The standard InChI is InChI=1S/C20H24N4O3S/c1-3-22(4-2)12-8-13-23-18(19-11-7-14-27-19)15-28-20(23)21-16-9-5-6-10-17(16)24(25)26/h5-7,9-11,14-15H,3-4,8,12-13H2,1-2H3. The maximum Gasteiger partial charge on any atom is 0.294 e. The lowest BCUT2D eigenvalue weighted by atomic mass is 10.3. The molecule has 0 unspecified atom stereocenters. The molecule has 0 radical (unpaired) electrons. The highest BCUT2D eigenvalue weighted by Gasteiger charge is 2.14. The van der Waals surface area contributed by atoms with Crippen molar-refractivity contribution in [1.29, 1.82) is 0 Å². The van der Waals surface area contributed by atoms with Gasteiger partial charge in [-0.3, -0.25) is 10.1 Å². The van der Waals surface area contributed by atoms with Crippen LogP contribution in [-0.2, 0) is 6.54 Å². The fraction of sp³-hybridized carbons (Fsp3) is 0.350. The Morgan fingerprint density at radius 1 is 1.21 bits per heavy atom. The molecular formula is C20H24N4O3S. The Kier molecular flexibility index (Phi) is 6.78. The van der Waals surface area contributed by atoms with Crippen molar-refractivity contribution in [1.82, 2.24) is 9.47 Å². The molecule has 0 amide bonds. The number of rotatable bonds is 9. The first-order valence-corrected chi connectivity index (χ1v) is 10.2. The number of aromatic nitrogens is 1. The monoisotopic (exact) mass is 400 g/mol. The molecule has 7 nitrogen and oxygen atoms in total. The average molecular weight is 401 g/mol. The molecule has 3 rings (SSSR count). The number of thiazole rings is 1. The van der Waals surface area contributed by atoms with Crippen LogP contribution in [0.25, 0.3) is 11.5 Å². The molecule has 8 heteroatoms. The molecule has 0 aliphatic heterocycles. The number of furan rings is 1. The minimum absolute atomic E-state index is 0.00476. The summed E-state index contributed by atoms with van der Waals surface area (Å²) in [5, 5.41) is 13.3. The Hall–Kier alpha value is -2.71. The van der Waals surface area contributed by atoms with Crippen molar-refractivity contribution in [2.75, 3.05) is 19.6 Å². The van der Waals surface area contributed by atoms with Gasteiger partial charge in [0.15, 0.2) is 10.6 Å². The van der Waals surface area contributed by atoms with Crippen LogP contribution in [0.4, 0.5) is 11.4 Å². The predicted octanol–water partition coefficient (Wildman–Crippen LogP) is 4.68. The molecule has 2 heterocycles. The van der Waals surface area contributed by atoms with Crippen LogP contribution in [0.2, 0.25) is 0 Å². The van der Waals surface area contributed by atoms with Crippen molar-refractivity contribution in [2.45, 2.75) is 26.8 Å². The Bertz CT molecular complexity index is 972. The van der Waals surface area contributed by atoms with Crippen LogP contribution in [0, 0.1) is 10.1 Å². The molecule has 0 saturated heterocycles. The van der Waals surface area contributed by atoms with Gasteiger partial charge >= 0.3 is 0 Å². The van der Waals surface area contributed by atoms with Crippen LogP contribution < -0.4 is 4.80 Å². The van der Waals surface area contributed by atoms with Gasteiger partial charge in [-0.1, -0.05) is 26.0 Å². The van der Waals surface area contributed by atoms with Crippen LogP contribution in [0.5, 0.6) is 0 Å². The number of benzene rings is 1. The van der Waals surface area contributed by atoms with E-state index < -0.39 is 4.92 Å². The number of para-hydroxylation sites is 2. The summed E-state index contributed by atoms with van der Waals surface area (Å²) in [7, 11) is 0. The molecule has 0 fully saturated rings. The SMILES string of the molecule is CCN(CC)CCCn1c(-c2ccco2)csc1=Nc1ccccc1[N+](=O)[O-]. The third-order valence-electron chi connectivity index (χ3n) is 4.62. The summed E-state index contributed by atoms with van der Waals surface area (Å²) in [5.41, 5.74) is 1.30. The van der Waals surface area contributed by atoms with E-state index in [1.54, 1.807) is 24.5 Å². The van der Waals surface area contributed by atoms with Gasteiger partial charge < -0.3 is 13.9 Å². The van der Waals surface area contributed by atoms with E-state index in [0.29, 0.717) is 5.69 Å². The summed E-state index contributed by atoms with van der Waals surface area (Å²) < 4.78 is 7.67. The molecule has 0 bridgehead atoms. The lowest BCUT2D eigenvalue weighted by molar-refractivity contribution is -0.384. The lowest BCUT2D eigenvalue weighted by Crippen LogP contribution is -2.26. The molecule has 0 N–H and O–H groups in total. The first kappa shape index (κ1) is 20.0. The summed E-state index contributed by atoms with van der Waals surface area (Å²) in [6, 6.07) is 10.3. The molecule has 1 aromatic carbocycles. The Morgan fingerprint density at radius 3 is 2.68 bits per heavy atom. The topological polar surface area (TPSA) is 76.8 Å². The van der Waals surface area contributed by atoms with Gasteiger partial charge in [0.05, 0.1) is 16.9 Å². The molecular weight excluding hydrogens is 376 g/mol. The van der Waals surface area contributed by atoms with E-state index in [0.717, 1.165) is 48.9 Å². The van der Waals surface area contributed by atoms with Crippen molar-refractivity contribution in [3.05, 3.63) is 63.0 Å². The molecule has 0 aliphatic carbocycles. The summed E-state index contributed by atoms with van der Waals surface area (Å²) in [6.45, 7) is 8.09. The fourth-order valence-corrected chi connectivity index (χ4v) is 3.99. The molecule has 148 valence electrons. The van der Waals surface area contributed by atoms with Gasteiger partial charge in [0, 0.05) is 18.0 Å². The van der Waals surface area contributed by atoms with Crippen molar-refractivity contribution in [3.8, 4) is 11.5 Å². The minimum atomic E-state index is -0.398. The Labute approximate surface area is 167 Å². The highest BCUT2D eigenvalue weighted by Crippen LogP contribution is 2.27. The van der Waals surface area contributed by atoms with Crippen LogP contribution in [0.15, 0.2) is 57.5 Å². The van der Waals surface area contributed by atoms with Crippen LogP contribution in [0.3, 0.4) is 0 Å². The fourth-order valence-electron chi connectivity index (χ4n) is 3.07. The maximum absolute atomic E-state index is 11.3. The second-order valence-electron chi connectivity index (χ2n) is 6.27. The third-order valence-corrected chi connectivity index (χ3v) is 5.48. The average Bonchev–Trinajstić information content (AvgIpc) is 3.36. The first-order valence-electron chi connectivity index (χ1n) is 9.36. The maximum atomic E-state index is 11.3. The molecule has 3 aromatic rings. The van der Waals surface area contributed by atoms with E-state index in [4.69, 9.17) is 4.42 Å². The van der Waals surface area contributed by atoms with E-state index in [1.165, 1.54) is 17.4 Å². The number of hydrogen-bond donors (Lipinski definition) is 0. The minimum Gasteiger partial charge on any atom is -0.463 e. The zero-order chi connectivity index (χ0) is 19.9. The Balaban J connectivity index is 1.99. The number of nitrogens with zero attached hydrogens (tertiary/aromatic N) is 4. The lowest BCUT2D eigenvalue weighted by Gasteiger charge is -2.18. The molecule has 28 heavy (non-hydrogen) atoms. The molecule has 2 aromatic heterocycles. The van der Waals surface area contributed by atoms with Gasteiger partial charge in [0.1, 0.15) is 5.69 Å². The zero-order valence-electron chi connectivity index (χ0n) is 16.1. The number of hydrogen-bond acceptors (Lipinski definition) is 6. The summed E-state index contributed by atoms with van der Waals surface area (Å²) in [4.78, 5) is 18.6. The van der Waals surface area contributed by atoms with E-state index in [-0.39, 0.29) is 5.69 Å².